The topological polar surface area (TPSA) is 101 Å². The Morgan fingerprint density at radius 1 is 1.15 bits per heavy atom. The van der Waals surface area contributed by atoms with Crippen LogP contribution in [0.25, 0.3) is 10.8 Å². The van der Waals surface area contributed by atoms with Crippen LogP contribution in [0.3, 0.4) is 0 Å². The molecule has 0 bridgehead atoms. The van der Waals surface area contributed by atoms with Crippen LogP contribution in [0.15, 0.2) is 47.3 Å². The SMILES string of the molecule is C[C@H](OC(=O)c1n[nH]c(=O)c2ccccc12)C(=O)Nc1cc(Cl)ccc1Cl. The Labute approximate surface area is 163 Å². The molecule has 0 spiro atoms. The molecule has 0 aliphatic carbocycles. The lowest BCUT2D eigenvalue weighted by Crippen LogP contribution is -2.30. The summed E-state index contributed by atoms with van der Waals surface area (Å²) in [5.74, 6) is -1.44. The zero-order valence-electron chi connectivity index (χ0n) is 14.0. The van der Waals surface area contributed by atoms with Crippen molar-refractivity contribution in [3.63, 3.8) is 0 Å². The minimum absolute atomic E-state index is 0.0920. The third-order valence-corrected chi connectivity index (χ3v) is 4.29. The molecule has 0 radical (unpaired) electrons. The Hall–Kier alpha value is -2.90. The molecule has 1 amide bonds. The van der Waals surface area contributed by atoms with Crippen molar-refractivity contribution in [2.45, 2.75) is 13.0 Å². The van der Waals surface area contributed by atoms with Gasteiger partial charge in [0, 0.05) is 10.4 Å². The molecule has 0 saturated carbocycles. The number of nitrogens with one attached hydrogen (secondary N) is 2. The number of esters is 1. The number of halogens is 2. The second kappa shape index (κ2) is 7.77. The van der Waals surface area contributed by atoms with Crippen molar-refractivity contribution >= 4 is 51.5 Å². The van der Waals surface area contributed by atoms with Crippen molar-refractivity contribution in [2.24, 2.45) is 0 Å². The highest BCUT2D eigenvalue weighted by Crippen LogP contribution is 2.25. The molecular formula is C18H13Cl2N3O4. The summed E-state index contributed by atoms with van der Waals surface area (Å²) in [6.45, 7) is 1.40. The molecule has 0 unspecified atom stereocenters. The second-order valence-corrected chi connectivity index (χ2v) is 6.45. The van der Waals surface area contributed by atoms with Crippen molar-refractivity contribution in [1.82, 2.24) is 10.2 Å². The largest absolute Gasteiger partial charge is 0.448 e. The zero-order valence-corrected chi connectivity index (χ0v) is 15.5. The van der Waals surface area contributed by atoms with Crippen LogP contribution < -0.4 is 10.9 Å². The van der Waals surface area contributed by atoms with Crippen molar-refractivity contribution in [1.29, 1.82) is 0 Å². The highest BCUT2D eigenvalue weighted by atomic mass is 35.5. The van der Waals surface area contributed by atoms with Crippen LogP contribution >= 0.6 is 23.2 Å². The minimum Gasteiger partial charge on any atom is -0.448 e. The van der Waals surface area contributed by atoms with E-state index in [1.165, 1.54) is 19.1 Å². The van der Waals surface area contributed by atoms with Gasteiger partial charge < -0.3 is 10.1 Å². The molecule has 138 valence electrons. The van der Waals surface area contributed by atoms with Crippen LogP contribution in [0.4, 0.5) is 5.69 Å². The zero-order chi connectivity index (χ0) is 19.6. The van der Waals surface area contributed by atoms with Crippen LogP contribution in [-0.2, 0) is 9.53 Å². The van der Waals surface area contributed by atoms with Crippen molar-refractivity contribution in [3.05, 3.63) is 68.6 Å². The number of carbonyl (C=O) groups excluding carboxylic acids is 2. The van der Waals surface area contributed by atoms with Gasteiger partial charge in [0.2, 0.25) is 0 Å². The Balaban J connectivity index is 1.78. The van der Waals surface area contributed by atoms with Crippen LogP contribution in [0.1, 0.15) is 17.4 Å². The number of rotatable bonds is 4. The van der Waals surface area contributed by atoms with Gasteiger partial charge in [0.15, 0.2) is 11.8 Å². The fourth-order valence-electron chi connectivity index (χ4n) is 2.37. The molecule has 2 aromatic carbocycles. The number of carbonyl (C=O) groups is 2. The minimum atomic E-state index is -1.14. The number of aromatic nitrogens is 2. The number of fused-ring (bicyclic) bond motifs is 1. The lowest BCUT2D eigenvalue weighted by atomic mass is 10.1. The van der Waals surface area contributed by atoms with E-state index in [1.54, 1.807) is 30.3 Å². The summed E-state index contributed by atoms with van der Waals surface area (Å²) in [7, 11) is 0. The summed E-state index contributed by atoms with van der Waals surface area (Å²) in [6, 6.07) is 11.1. The molecule has 1 heterocycles. The summed E-state index contributed by atoms with van der Waals surface area (Å²) in [5, 5.41) is 9.84. The molecule has 0 fully saturated rings. The van der Waals surface area contributed by atoms with Gasteiger partial charge in [0.25, 0.3) is 11.5 Å². The fourth-order valence-corrected chi connectivity index (χ4v) is 2.70. The van der Waals surface area contributed by atoms with Gasteiger partial charge in [0.05, 0.1) is 16.1 Å². The van der Waals surface area contributed by atoms with Gasteiger partial charge in [-0.2, -0.15) is 5.10 Å². The van der Waals surface area contributed by atoms with Gasteiger partial charge in [-0.05, 0) is 31.2 Å². The number of ether oxygens (including phenoxy) is 1. The van der Waals surface area contributed by atoms with Crippen molar-refractivity contribution in [3.8, 4) is 0 Å². The average Bonchev–Trinajstić information content (AvgIpc) is 2.65. The number of benzene rings is 2. The van der Waals surface area contributed by atoms with Crippen molar-refractivity contribution < 1.29 is 14.3 Å². The Bertz CT molecular complexity index is 1100. The molecule has 0 saturated heterocycles. The molecule has 3 rings (SSSR count). The maximum absolute atomic E-state index is 12.4. The Morgan fingerprint density at radius 3 is 2.59 bits per heavy atom. The standard InChI is InChI=1S/C18H13Cl2N3O4/c1-9(16(24)21-14-8-10(19)6-7-13(14)20)27-18(26)15-11-4-2-3-5-12(11)17(25)23-22-15/h2-9H,1H3,(H,21,24)(H,23,25)/t9-/m0/s1. The molecule has 2 N–H and O–H groups in total. The lowest BCUT2D eigenvalue weighted by molar-refractivity contribution is -0.123. The highest BCUT2D eigenvalue weighted by molar-refractivity contribution is 6.35. The number of amides is 1. The molecule has 1 atom stereocenters. The molecular weight excluding hydrogens is 393 g/mol. The number of nitrogens with zero attached hydrogens (tertiary/aromatic N) is 1. The monoisotopic (exact) mass is 405 g/mol. The van der Waals surface area contributed by atoms with Crippen LogP contribution in [0, 0.1) is 0 Å². The summed E-state index contributed by atoms with van der Waals surface area (Å²) >= 11 is 11.9. The molecule has 9 heteroatoms. The number of aromatic amines is 1. The molecule has 1 aromatic heterocycles. The number of hydrogen-bond acceptors (Lipinski definition) is 5. The van der Waals surface area contributed by atoms with Gasteiger partial charge in [-0.25, -0.2) is 9.89 Å². The van der Waals surface area contributed by atoms with E-state index in [0.29, 0.717) is 26.5 Å². The van der Waals surface area contributed by atoms with Gasteiger partial charge in [-0.3, -0.25) is 9.59 Å². The molecule has 0 aliphatic rings. The molecule has 3 aromatic rings. The third-order valence-electron chi connectivity index (χ3n) is 3.73. The van der Waals surface area contributed by atoms with Crippen LogP contribution in [0.5, 0.6) is 0 Å². The number of anilines is 1. The highest BCUT2D eigenvalue weighted by Gasteiger charge is 2.22. The van der Waals surface area contributed by atoms with Gasteiger partial charge in [-0.15, -0.1) is 0 Å². The van der Waals surface area contributed by atoms with E-state index in [-0.39, 0.29) is 5.69 Å². The first-order valence-corrected chi connectivity index (χ1v) is 8.56. The normalized spacial score (nSPS) is 11.8. The van der Waals surface area contributed by atoms with E-state index < -0.39 is 23.5 Å². The van der Waals surface area contributed by atoms with Crippen LogP contribution in [0.2, 0.25) is 10.0 Å². The van der Waals surface area contributed by atoms with E-state index >= 15 is 0 Å². The Morgan fingerprint density at radius 2 is 1.85 bits per heavy atom. The van der Waals surface area contributed by atoms with Gasteiger partial charge in [0.1, 0.15) is 0 Å². The second-order valence-electron chi connectivity index (χ2n) is 5.61. The summed E-state index contributed by atoms with van der Waals surface area (Å²) in [5.41, 5.74) is -0.223. The summed E-state index contributed by atoms with van der Waals surface area (Å²) in [4.78, 5) is 36.5. The summed E-state index contributed by atoms with van der Waals surface area (Å²) < 4.78 is 5.18. The fraction of sp³-hybridized carbons (Fsp3) is 0.111. The van der Waals surface area contributed by atoms with E-state index in [1.807, 2.05) is 0 Å². The first-order valence-electron chi connectivity index (χ1n) is 7.81. The van der Waals surface area contributed by atoms with Gasteiger partial charge in [-0.1, -0.05) is 41.4 Å². The Kier molecular flexibility index (Phi) is 5.43. The smallest absolute Gasteiger partial charge is 0.360 e. The quantitative estimate of drug-likeness (QED) is 0.647. The summed E-state index contributed by atoms with van der Waals surface area (Å²) in [6.07, 6.45) is -1.14. The maximum Gasteiger partial charge on any atom is 0.360 e. The molecule has 0 aliphatic heterocycles. The van der Waals surface area contributed by atoms with E-state index in [2.05, 4.69) is 15.5 Å². The number of H-pyrrole nitrogens is 1. The third kappa shape index (κ3) is 4.10. The lowest BCUT2D eigenvalue weighted by Gasteiger charge is -2.14. The van der Waals surface area contributed by atoms with E-state index in [4.69, 9.17) is 27.9 Å². The first-order chi connectivity index (χ1) is 12.9. The predicted molar refractivity (Wildman–Crippen MR) is 102 cm³/mol. The van der Waals surface area contributed by atoms with Crippen LogP contribution in [-0.4, -0.2) is 28.2 Å². The maximum atomic E-state index is 12.4. The van der Waals surface area contributed by atoms with E-state index in [0.717, 1.165) is 0 Å². The molecule has 7 nitrogen and oxygen atoms in total. The predicted octanol–water partition coefficient (Wildman–Crippen LogP) is 3.41. The number of hydrogen-bond donors (Lipinski definition) is 2. The van der Waals surface area contributed by atoms with Gasteiger partial charge >= 0.3 is 5.97 Å². The average molecular weight is 406 g/mol. The molecule has 27 heavy (non-hydrogen) atoms. The van der Waals surface area contributed by atoms with Crippen molar-refractivity contribution in [2.75, 3.05) is 5.32 Å². The first kappa shape index (κ1) is 18.9. The van der Waals surface area contributed by atoms with E-state index in [9.17, 15) is 14.4 Å².